The molecule has 1 aliphatic rings. The third-order valence-electron chi connectivity index (χ3n) is 4.02. The van der Waals surface area contributed by atoms with Crippen molar-refractivity contribution in [1.82, 2.24) is 9.78 Å². The molecular formula is C17H21N3O2. The van der Waals surface area contributed by atoms with E-state index < -0.39 is 0 Å². The van der Waals surface area contributed by atoms with Crippen molar-refractivity contribution in [2.45, 2.75) is 32.6 Å². The van der Waals surface area contributed by atoms with Crippen LogP contribution in [0.3, 0.4) is 0 Å². The van der Waals surface area contributed by atoms with Gasteiger partial charge in [-0.3, -0.25) is 9.48 Å². The summed E-state index contributed by atoms with van der Waals surface area (Å²) in [5.74, 6) is 1.77. The SMILES string of the molecule is CCCOc1ccc([C@@H]2CC(=O)Nc3c2c(C)nn3C)cc1. The number of aromatic nitrogens is 2. The summed E-state index contributed by atoms with van der Waals surface area (Å²) in [6.45, 7) is 4.79. The van der Waals surface area contributed by atoms with Gasteiger partial charge >= 0.3 is 0 Å². The number of ether oxygens (including phenoxy) is 1. The Morgan fingerprint density at radius 2 is 2.09 bits per heavy atom. The van der Waals surface area contributed by atoms with Crippen molar-refractivity contribution in [3.63, 3.8) is 0 Å². The Morgan fingerprint density at radius 1 is 1.36 bits per heavy atom. The van der Waals surface area contributed by atoms with Gasteiger partial charge in [0.15, 0.2) is 0 Å². The number of benzene rings is 1. The van der Waals surface area contributed by atoms with Crippen LogP contribution in [0, 0.1) is 6.92 Å². The summed E-state index contributed by atoms with van der Waals surface area (Å²) in [6.07, 6.45) is 1.44. The molecule has 0 saturated heterocycles. The fourth-order valence-corrected chi connectivity index (χ4v) is 3.01. The minimum absolute atomic E-state index is 0.0341. The van der Waals surface area contributed by atoms with Crippen LogP contribution in [-0.2, 0) is 11.8 Å². The normalized spacial score (nSPS) is 17.0. The molecule has 0 radical (unpaired) electrons. The molecule has 0 saturated carbocycles. The van der Waals surface area contributed by atoms with E-state index in [0.717, 1.165) is 41.4 Å². The van der Waals surface area contributed by atoms with E-state index in [9.17, 15) is 4.79 Å². The second kappa shape index (κ2) is 5.83. The van der Waals surface area contributed by atoms with Gasteiger partial charge in [-0.05, 0) is 31.0 Å². The molecule has 0 unspecified atom stereocenters. The van der Waals surface area contributed by atoms with Crippen LogP contribution in [0.1, 0.15) is 42.5 Å². The van der Waals surface area contributed by atoms with E-state index in [4.69, 9.17) is 4.74 Å². The van der Waals surface area contributed by atoms with E-state index in [0.29, 0.717) is 6.42 Å². The Hall–Kier alpha value is -2.30. The highest BCUT2D eigenvalue weighted by molar-refractivity contribution is 5.94. The van der Waals surface area contributed by atoms with Gasteiger partial charge in [0.25, 0.3) is 0 Å². The highest BCUT2D eigenvalue weighted by Crippen LogP contribution is 2.39. The first kappa shape index (κ1) is 14.6. The molecule has 5 heteroatoms. The Morgan fingerprint density at radius 3 is 2.77 bits per heavy atom. The lowest BCUT2D eigenvalue weighted by atomic mass is 9.86. The third-order valence-corrected chi connectivity index (χ3v) is 4.02. The van der Waals surface area contributed by atoms with Gasteiger partial charge in [-0.25, -0.2) is 0 Å². The van der Waals surface area contributed by atoms with Gasteiger partial charge in [0.1, 0.15) is 11.6 Å². The summed E-state index contributed by atoms with van der Waals surface area (Å²) in [7, 11) is 1.86. The average molecular weight is 299 g/mol. The van der Waals surface area contributed by atoms with E-state index in [1.54, 1.807) is 4.68 Å². The molecule has 1 aromatic carbocycles. The molecule has 1 amide bonds. The van der Waals surface area contributed by atoms with Gasteiger partial charge in [-0.2, -0.15) is 5.10 Å². The minimum Gasteiger partial charge on any atom is -0.494 e. The predicted octanol–water partition coefficient (Wildman–Crippen LogP) is 2.99. The first-order valence-corrected chi connectivity index (χ1v) is 7.66. The Balaban J connectivity index is 1.93. The van der Waals surface area contributed by atoms with Gasteiger partial charge in [0.2, 0.25) is 5.91 Å². The number of aryl methyl sites for hydroxylation is 2. The molecule has 116 valence electrons. The number of carbonyl (C=O) groups excluding carboxylic acids is 1. The fraction of sp³-hybridized carbons (Fsp3) is 0.412. The van der Waals surface area contributed by atoms with Crippen molar-refractivity contribution in [3.8, 4) is 5.75 Å². The van der Waals surface area contributed by atoms with Crippen LogP contribution in [0.4, 0.5) is 5.82 Å². The highest BCUT2D eigenvalue weighted by atomic mass is 16.5. The average Bonchev–Trinajstić information content (AvgIpc) is 2.79. The molecule has 0 aliphatic carbocycles. The highest BCUT2D eigenvalue weighted by Gasteiger charge is 2.31. The molecule has 3 rings (SSSR count). The molecule has 0 spiro atoms. The maximum absolute atomic E-state index is 12.0. The van der Waals surface area contributed by atoms with E-state index in [2.05, 4.69) is 17.3 Å². The number of amides is 1. The van der Waals surface area contributed by atoms with Crippen LogP contribution in [0.2, 0.25) is 0 Å². The monoisotopic (exact) mass is 299 g/mol. The molecule has 0 bridgehead atoms. The van der Waals surface area contributed by atoms with Crippen molar-refractivity contribution in [1.29, 1.82) is 0 Å². The van der Waals surface area contributed by atoms with Gasteiger partial charge in [0, 0.05) is 24.9 Å². The Bertz CT molecular complexity index is 689. The zero-order chi connectivity index (χ0) is 15.7. The molecule has 1 atom stereocenters. The van der Waals surface area contributed by atoms with Crippen LogP contribution in [0.5, 0.6) is 5.75 Å². The molecule has 22 heavy (non-hydrogen) atoms. The summed E-state index contributed by atoms with van der Waals surface area (Å²) < 4.78 is 7.36. The van der Waals surface area contributed by atoms with Crippen molar-refractivity contribution < 1.29 is 9.53 Å². The fourth-order valence-electron chi connectivity index (χ4n) is 3.01. The van der Waals surface area contributed by atoms with Crippen molar-refractivity contribution in [3.05, 3.63) is 41.1 Å². The second-order valence-corrected chi connectivity index (χ2v) is 5.69. The number of hydrogen-bond donors (Lipinski definition) is 1. The van der Waals surface area contributed by atoms with E-state index in [1.165, 1.54) is 0 Å². The molecule has 0 fully saturated rings. The van der Waals surface area contributed by atoms with Gasteiger partial charge in [-0.1, -0.05) is 19.1 Å². The number of rotatable bonds is 4. The number of nitrogens with zero attached hydrogens (tertiary/aromatic N) is 2. The number of hydrogen-bond acceptors (Lipinski definition) is 3. The van der Waals surface area contributed by atoms with Crippen molar-refractivity contribution >= 4 is 11.7 Å². The molecule has 2 heterocycles. The third kappa shape index (κ3) is 2.58. The largest absolute Gasteiger partial charge is 0.494 e. The molecule has 2 aromatic rings. The number of nitrogens with one attached hydrogen (secondary N) is 1. The Kier molecular flexibility index (Phi) is 3.88. The summed E-state index contributed by atoms with van der Waals surface area (Å²) in [4.78, 5) is 12.0. The van der Waals surface area contributed by atoms with Crippen LogP contribution in [0.25, 0.3) is 0 Å². The summed E-state index contributed by atoms with van der Waals surface area (Å²) in [5, 5.41) is 7.36. The summed E-state index contributed by atoms with van der Waals surface area (Å²) in [5.41, 5.74) is 3.20. The molecule has 1 N–H and O–H groups in total. The topological polar surface area (TPSA) is 56.1 Å². The van der Waals surface area contributed by atoms with Crippen molar-refractivity contribution in [2.24, 2.45) is 7.05 Å². The first-order chi connectivity index (χ1) is 10.6. The minimum atomic E-state index is 0.0341. The maximum atomic E-state index is 12.0. The van der Waals surface area contributed by atoms with Crippen LogP contribution in [0.15, 0.2) is 24.3 Å². The smallest absolute Gasteiger partial charge is 0.226 e. The summed E-state index contributed by atoms with van der Waals surface area (Å²) in [6, 6.07) is 8.04. The number of carbonyl (C=O) groups is 1. The van der Waals surface area contributed by atoms with Gasteiger partial charge < -0.3 is 10.1 Å². The number of anilines is 1. The zero-order valence-corrected chi connectivity index (χ0v) is 13.2. The van der Waals surface area contributed by atoms with Crippen LogP contribution < -0.4 is 10.1 Å². The molecule has 1 aliphatic heterocycles. The summed E-state index contributed by atoms with van der Waals surface area (Å²) >= 11 is 0. The molecule has 5 nitrogen and oxygen atoms in total. The lowest BCUT2D eigenvalue weighted by Crippen LogP contribution is -2.24. The van der Waals surface area contributed by atoms with E-state index in [-0.39, 0.29) is 11.8 Å². The predicted molar refractivity (Wildman–Crippen MR) is 85.3 cm³/mol. The second-order valence-electron chi connectivity index (χ2n) is 5.69. The number of fused-ring (bicyclic) bond motifs is 1. The quantitative estimate of drug-likeness (QED) is 0.944. The van der Waals surface area contributed by atoms with Crippen molar-refractivity contribution in [2.75, 3.05) is 11.9 Å². The molecular weight excluding hydrogens is 278 g/mol. The van der Waals surface area contributed by atoms with Gasteiger partial charge in [-0.15, -0.1) is 0 Å². The lowest BCUT2D eigenvalue weighted by molar-refractivity contribution is -0.116. The zero-order valence-electron chi connectivity index (χ0n) is 13.2. The lowest BCUT2D eigenvalue weighted by Gasteiger charge is -2.24. The van der Waals surface area contributed by atoms with Crippen LogP contribution in [-0.4, -0.2) is 22.3 Å². The van der Waals surface area contributed by atoms with E-state index in [1.807, 2.05) is 38.2 Å². The van der Waals surface area contributed by atoms with Gasteiger partial charge in [0.05, 0.1) is 12.3 Å². The standard InChI is InChI=1S/C17H21N3O2/c1-4-9-22-13-7-5-12(6-8-13)14-10-15(21)18-17-16(14)11(2)19-20(17)3/h5-8,14H,4,9-10H2,1-3H3,(H,18,21)/t14-/m0/s1. The maximum Gasteiger partial charge on any atom is 0.226 e. The first-order valence-electron chi connectivity index (χ1n) is 7.66. The van der Waals surface area contributed by atoms with E-state index >= 15 is 0 Å². The Labute approximate surface area is 130 Å². The van der Waals surface area contributed by atoms with Crippen LogP contribution >= 0.6 is 0 Å². The molecule has 1 aromatic heterocycles.